The molecule has 2 heterocycles. The van der Waals surface area contributed by atoms with Crippen LogP contribution in [0, 0.1) is 0 Å². The van der Waals surface area contributed by atoms with E-state index in [-0.39, 0.29) is 12.1 Å². The first kappa shape index (κ1) is 18.3. The number of benzene rings is 2. The van der Waals surface area contributed by atoms with Gasteiger partial charge in [-0.3, -0.25) is 15.1 Å². The molecule has 0 radical (unpaired) electrons. The quantitative estimate of drug-likeness (QED) is 0.819. The second-order valence-electron chi connectivity index (χ2n) is 6.47. The van der Waals surface area contributed by atoms with Gasteiger partial charge in [-0.15, -0.1) is 11.7 Å². The van der Waals surface area contributed by atoms with Crippen LogP contribution in [0.2, 0.25) is 0 Å². The Morgan fingerprint density at radius 3 is 2.75 bits per heavy atom. The maximum Gasteiger partial charge on any atom is 0.276 e. The fourth-order valence-corrected chi connectivity index (χ4v) is 3.80. The fourth-order valence-electron chi connectivity index (χ4n) is 3.21. The van der Waals surface area contributed by atoms with Crippen molar-refractivity contribution >= 4 is 34.6 Å². The summed E-state index contributed by atoms with van der Waals surface area (Å²) in [5, 5.41) is 11.5. The standard InChI is InChI=1S/C22H20N4OS/c1-3-13-28-22-24-21(27)19-17-11-7-8-12-18(17)23-20(26(19)25-22)15(2)14-16-9-5-4-6-10-16/h3-12,14,20H,1,13H2,2H3,(H,24,25,27)/b15-14+/t20-/m0/s1. The minimum atomic E-state index is -0.379. The summed E-state index contributed by atoms with van der Waals surface area (Å²) < 4.78 is 0. The Bertz CT molecular complexity index is 1100. The van der Waals surface area contributed by atoms with E-state index in [2.05, 4.69) is 18.0 Å². The summed E-state index contributed by atoms with van der Waals surface area (Å²) in [5.74, 6) is 0.501. The van der Waals surface area contributed by atoms with Crippen molar-refractivity contribution in [1.82, 2.24) is 10.3 Å². The van der Waals surface area contributed by atoms with Crippen LogP contribution in [0.15, 0.2) is 82.9 Å². The molecule has 2 aliphatic rings. The van der Waals surface area contributed by atoms with Crippen LogP contribution in [0.5, 0.6) is 0 Å². The molecule has 1 amide bonds. The van der Waals surface area contributed by atoms with Gasteiger partial charge >= 0.3 is 0 Å². The molecule has 0 aromatic heterocycles. The molecule has 0 saturated heterocycles. The largest absolute Gasteiger partial charge is 0.298 e. The summed E-state index contributed by atoms with van der Waals surface area (Å²) >= 11 is 1.44. The molecule has 1 atom stereocenters. The van der Waals surface area contributed by atoms with E-state index in [0.717, 1.165) is 21.7 Å². The molecule has 1 N–H and O–H groups in total. The normalized spacial score (nSPS) is 18.5. The number of hydrogen-bond donors (Lipinski definition) is 1. The van der Waals surface area contributed by atoms with Crippen molar-refractivity contribution in [3.05, 3.63) is 89.0 Å². The molecule has 4 rings (SSSR count). The number of carbonyl (C=O) groups is 1. The minimum absolute atomic E-state index is 0.165. The van der Waals surface area contributed by atoms with Crippen molar-refractivity contribution in [2.75, 3.05) is 5.75 Å². The molecule has 0 spiro atoms. The molecule has 2 aliphatic heterocycles. The zero-order valence-corrected chi connectivity index (χ0v) is 16.3. The van der Waals surface area contributed by atoms with Gasteiger partial charge in [-0.05, 0) is 24.1 Å². The van der Waals surface area contributed by atoms with Crippen LogP contribution in [0.25, 0.3) is 11.8 Å². The van der Waals surface area contributed by atoms with Gasteiger partial charge in [0.1, 0.15) is 5.70 Å². The Kier molecular flexibility index (Phi) is 5.12. The molecule has 0 saturated carbocycles. The Labute approximate surface area is 167 Å². The Morgan fingerprint density at radius 1 is 1.21 bits per heavy atom. The van der Waals surface area contributed by atoms with Crippen LogP contribution >= 0.6 is 11.8 Å². The number of para-hydroxylation sites is 1. The van der Waals surface area contributed by atoms with E-state index >= 15 is 0 Å². The molecule has 5 nitrogen and oxygen atoms in total. The van der Waals surface area contributed by atoms with Gasteiger partial charge < -0.3 is 0 Å². The molecule has 28 heavy (non-hydrogen) atoms. The van der Waals surface area contributed by atoms with E-state index < -0.39 is 0 Å². The van der Waals surface area contributed by atoms with Crippen LogP contribution in [0.4, 0.5) is 0 Å². The zero-order valence-electron chi connectivity index (χ0n) is 15.5. The van der Waals surface area contributed by atoms with E-state index in [1.165, 1.54) is 11.8 Å². The molecular weight excluding hydrogens is 368 g/mol. The van der Waals surface area contributed by atoms with Gasteiger partial charge in [-0.1, -0.05) is 72.4 Å². The highest BCUT2D eigenvalue weighted by Gasteiger charge is 2.34. The molecular formula is C22H20N4OS. The molecule has 0 fully saturated rings. The smallest absolute Gasteiger partial charge is 0.276 e. The molecule has 140 valence electrons. The third kappa shape index (κ3) is 3.51. The number of amidine groups is 1. The Hall–Kier alpha value is -3.12. The maximum atomic E-state index is 12.9. The van der Waals surface area contributed by atoms with E-state index in [1.807, 2.05) is 61.5 Å². The van der Waals surface area contributed by atoms with Gasteiger partial charge in [0.15, 0.2) is 11.3 Å². The number of fused-ring (bicyclic) bond motifs is 2. The number of nitrogens with zero attached hydrogens (tertiary/aromatic N) is 3. The summed E-state index contributed by atoms with van der Waals surface area (Å²) in [5.41, 5.74) is 2.62. The number of amides is 1. The second-order valence-corrected chi connectivity index (χ2v) is 7.48. The molecule has 0 aliphatic carbocycles. The first-order chi connectivity index (χ1) is 13.7. The van der Waals surface area contributed by atoms with Gasteiger partial charge in [0.2, 0.25) is 0 Å². The lowest BCUT2D eigenvalue weighted by Crippen LogP contribution is -2.52. The Balaban J connectivity index is 1.85. The third-order valence-electron chi connectivity index (χ3n) is 4.45. The highest BCUT2D eigenvalue weighted by atomic mass is 32.2. The number of nitrogens with one attached hydrogen (secondary N) is 1. The molecule has 6 heteroatoms. The fraction of sp³-hybridized carbons (Fsp3) is 0.136. The number of rotatable bonds is 4. The van der Waals surface area contributed by atoms with Crippen LogP contribution in [-0.2, 0) is 4.79 Å². The lowest BCUT2D eigenvalue weighted by atomic mass is 10.1. The summed E-state index contributed by atoms with van der Waals surface area (Å²) in [7, 11) is 0. The lowest BCUT2D eigenvalue weighted by molar-refractivity contribution is -0.116. The first-order valence-corrected chi connectivity index (χ1v) is 9.99. The van der Waals surface area contributed by atoms with Crippen LogP contribution in [-0.4, -0.2) is 28.0 Å². The van der Waals surface area contributed by atoms with Crippen molar-refractivity contribution in [1.29, 1.82) is 0 Å². The van der Waals surface area contributed by atoms with Crippen LogP contribution in [0.3, 0.4) is 0 Å². The van der Waals surface area contributed by atoms with E-state index in [1.54, 1.807) is 11.1 Å². The highest BCUT2D eigenvalue weighted by molar-refractivity contribution is 8.14. The number of carbonyl (C=O) groups excluding carboxylic acids is 1. The average Bonchev–Trinajstić information content (AvgIpc) is 2.72. The van der Waals surface area contributed by atoms with Crippen molar-refractivity contribution in [3.63, 3.8) is 0 Å². The number of hydrazone groups is 1. The van der Waals surface area contributed by atoms with Gasteiger partial charge in [0.05, 0.1) is 5.36 Å². The van der Waals surface area contributed by atoms with Crippen molar-refractivity contribution in [2.24, 2.45) is 10.1 Å². The SMILES string of the molecule is C=CCSC1=NN2C(=c3ccccc3=N[C@@H]2/C(C)=C/c2ccccc2)C(=O)N1. The highest BCUT2D eigenvalue weighted by Crippen LogP contribution is 2.25. The van der Waals surface area contributed by atoms with Crippen molar-refractivity contribution in [3.8, 4) is 0 Å². The summed E-state index contributed by atoms with van der Waals surface area (Å²) in [6.07, 6.45) is 3.49. The van der Waals surface area contributed by atoms with Gasteiger partial charge in [0, 0.05) is 11.0 Å². The monoisotopic (exact) mass is 388 g/mol. The lowest BCUT2D eigenvalue weighted by Gasteiger charge is -2.34. The van der Waals surface area contributed by atoms with Crippen molar-refractivity contribution < 1.29 is 4.79 Å². The van der Waals surface area contributed by atoms with Gasteiger partial charge in [-0.2, -0.15) is 0 Å². The summed E-state index contributed by atoms with van der Waals surface area (Å²) in [6.45, 7) is 5.75. The zero-order chi connectivity index (χ0) is 19.5. The number of thioether (sulfide) groups is 1. The third-order valence-corrected chi connectivity index (χ3v) is 5.31. The van der Waals surface area contributed by atoms with Crippen LogP contribution < -0.4 is 15.9 Å². The Morgan fingerprint density at radius 2 is 1.96 bits per heavy atom. The van der Waals surface area contributed by atoms with E-state index in [9.17, 15) is 4.79 Å². The average molecular weight is 388 g/mol. The van der Waals surface area contributed by atoms with Gasteiger partial charge in [0.25, 0.3) is 5.91 Å². The summed E-state index contributed by atoms with van der Waals surface area (Å²) in [4.78, 5) is 17.8. The summed E-state index contributed by atoms with van der Waals surface area (Å²) in [6, 6.07) is 17.8. The van der Waals surface area contributed by atoms with Crippen molar-refractivity contribution in [2.45, 2.75) is 13.1 Å². The van der Waals surface area contributed by atoms with E-state index in [4.69, 9.17) is 10.1 Å². The minimum Gasteiger partial charge on any atom is -0.298 e. The first-order valence-electron chi connectivity index (χ1n) is 9.00. The maximum absolute atomic E-state index is 12.9. The molecule has 0 bridgehead atoms. The molecule has 2 aromatic carbocycles. The topological polar surface area (TPSA) is 57.1 Å². The predicted octanol–water partition coefficient (Wildman–Crippen LogP) is 2.48. The predicted molar refractivity (Wildman–Crippen MR) is 115 cm³/mol. The second kappa shape index (κ2) is 7.86. The molecule has 0 unspecified atom stereocenters. The molecule has 2 aromatic rings. The van der Waals surface area contributed by atoms with E-state index in [0.29, 0.717) is 16.6 Å². The van der Waals surface area contributed by atoms with Crippen LogP contribution in [0.1, 0.15) is 12.5 Å². The van der Waals surface area contributed by atoms with Gasteiger partial charge in [-0.25, -0.2) is 5.01 Å². The number of hydrogen-bond acceptors (Lipinski definition) is 5.